The van der Waals surface area contributed by atoms with Crippen LogP contribution >= 0.6 is 11.6 Å². The molecule has 1 saturated heterocycles. The second-order valence-corrected chi connectivity index (χ2v) is 12.5. The molecule has 196 valence electrons. The fourth-order valence-corrected chi connectivity index (χ4v) is 7.04. The van der Waals surface area contributed by atoms with Gasteiger partial charge in [-0.15, -0.1) is 16.0 Å². The molecule has 0 saturated carbocycles. The average molecular weight is 562 g/mol. The van der Waals surface area contributed by atoms with Gasteiger partial charge in [0, 0.05) is 13.1 Å². The number of rotatable bonds is 7. The van der Waals surface area contributed by atoms with E-state index in [2.05, 4.69) is 4.40 Å². The summed E-state index contributed by atoms with van der Waals surface area (Å²) in [4.78, 5) is 1.81. The minimum absolute atomic E-state index is 0.0324. The lowest BCUT2D eigenvalue weighted by atomic mass is 10.1. The van der Waals surface area contributed by atoms with Crippen molar-refractivity contribution < 1.29 is 21.6 Å². The van der Waals surface area contributed by atoms with Crippen LogP contribution in [-0.4, -0.2) is 58.0 Å². The molecule has 37 heavy (non-hydrogen) atoms. The minimum Gasteiger partial charge on any atom is -0.497 e. The Hall–Kier alpha value is -2.92. The maximum Gasteiger partial charge on any atom is 0.283 e. The first-order valence-corrected chi connectivity index (χ1v) is 14.9. The van der Waals surface area contributed by atoms with Gasteiger partial charge < -0.3 is 9.64 Å². The molecule has 8 nitrogen and oxygen atoms in total. The Morgan fingerprint density at radius 1 is 0.865 bits per heavy atom. The lowest BCUT2D eigenvalue weighted by Gasteiger charge is -2.31. The van der Waals surface area contributed by atoms with Gasteiger partial charge >= 0.3 is 0 Å². The van der Waals surface area contributed by atoms with Crippen molar-refractivity contribution in [2.24, 2.45) is 4.40 Å². The quantitative estimate of drug-likeness (QED) is 0.242. The van der Waals surface area contributed by atoms with Crippen LogP contribution in [0.3, 0.4) is 0 Å². The number of sulfonamides is 2. The Balaban J connectivity index is 1.80. The molecule has 4 rings (SSSR count). The van der Waals surface area contributed by atoms with Crippen LogP contribution in [0.25, 0.3) is 0 Å². The van der Waals surface area contributed by atoms with Crippen LogP contribution in [0.4, 0.5) is 0 Å². The number of aryl methyl sites for hydroxylation is 2. The summed E-state index contributed by atoms with van der Waals surface area (Å²) < 4.78 is 64.3. The molecule has 0 radical (unpaired) electrons. The summed E-state index contributed by atoms with van der Waals surface area (Å²) >= 11 is 6.24. The van der Waals surface area contributed by atoms with Crippen LogP contribution in [-0.2, 0) is 20.0 Å². The van der Waals surface area contributed by atoms with Gasteiger partial charge in [-0.3, -0.25) is 0 Å². The van der Waals surface area contributed by atoms with Crippen molar-refractivity contribution in [1.29, 1.82) is 0 Å². The molecule has 3 aromatic carbocycles. The first-order valence-electron chi connectivity index (χ1n) is 11.5. The molecule has 0 amide bonds. The Labute approximate surface area is 223 Å². The van der Waals surface area contributed by atoms with Crippen LogP contribution in [0.2, 0.25) is 0 Å². The second-order valence-electron chi connectivity index (χ2n) is 8.70. The van der Waals surface area contributed by atoms with Gasteiger partial charge in [0.2, 0.25) is 10.0 Å². The van der Waals surface area contributed by atoms with E-state index in [4.69, 9.17) is 16.3 Å². The van der Waals surface area contributed by atoms with E-state index in [9.17, 15) is 16.8 Å². The largest absolute Gasteiger partial charge is 0.497 e. The lowest BCUT2D eigenvalue weighted by Crippen LogP contribution is -2.39. The molecular weight excluding hydrogens is 534 g/mol. The van der Waals surface area contributed by atoms with E-state index >= 15 is 0 Å². The molecule has 0 bridgehead atoms. The summed E-state index contributed by atoms with van der Waals surface area (Å²) in [6, 6.07) is 19.9. The van der Waals surface area contributed by atoms with Crippen molar-refractivity contribution in [2.45, 2.75) is 29.8 Å². The van der Waals surface area contributed by atoms with Crippen molar-refractivity contribution in [3.8, 4) is 5.75 Å². The van der Waals surface area contributed by atoms with Crippen LogP contribution in [0.15, 0.2) is 87.0 Å². The second kappa shape index (κ2) is 10.8. The maximum absolute atomic E-state index is 13.7. The fourth-order valence-electron chi connectivity index (χ4n) is 4.15. The van der Waals surface area contributed by atoms with Crippen LogP contribution < -0.4 is 4.74 Å². The van der Waals surface area contributed by atoms with Gasteiger partial charge in [0.25, 0.3) is 10.0 Å². The molecule has 1 atom stereocenters. The summed E-state index contributed by atoms with van der Waals surface area (Å²) in [5.74, 6) is 0.440. The van der Waals surface area contributed by atoms with Gasteiger partial charge in [0.05, 0.1) is 22.8 Å². The minimum atomic E-state index is -4.08. The molecule has 0 aliphatic carbocycles. The van der Waals surface area contributed by atoms with Gasteiger partial charge in [-0.1, -0.05) is 47.5 Å². The molecule has 0 spiro atoms. The number of nitrogens with zero attached hydrogens (tertiary/aromatic N) is 3. The standard InChI is InChI=1S/C26H28ClN3O5S2/c1-19-4-12-23(13-5-19)36(31,32)28-25(18-27)29-16-17-30(26(29)21-8-10-22(35-3)11-9-21)37(33,34)24-14-6-20(2)7-15-24/h4-15,26H,16-18H2,1-3H3/t26-/m1/s1. The summed E-state index contributed by atoms with van der Waals surface area (Å²) in [6.07, 6.45) is -0.858. The molecule has 0 unspecified atom stereocenters. The molecule has 11 heteroatoms. The number of ether oxygens (including phenoxy) is 1. The smallest absolute Gasteiger partial charge is 0.283 e. The normalized spacial score (nSPS) is 17.2. The van der Waals surface area contributed by atoms with Gasteiger partial charge in [-0.05, 0) is 55.8 Å². The summed E-state index contributed by atoms with van der Waals surface area (Å²) in [6.45, 7) is 4.06. The number of hydrogen-bond acceptors (Lipinski definition) is 5. The van der Waals surface area contributed by atoms with Gasteiger partial charge in [-0.2, -0.15) is 12.7 Å². The molecule has 0 N–H and O–H groups in total. The van der Waals surface area contributed by atoms with Crippen molar-refractivity contribution in [3.63, 3.8) is 0 Å². The summed E-state index contributed by atoms with van der Waals surface area (Å²) in [5, 5.41) is 0. The molecule has 1 fully saturated rings. The van der Waals surface area contributed by atoms with E-state index in [1.165, 1.54) is 16.4 Å². The number of hydrogen-bond donors (Lipinski definition) is 0. The molecule has 1 heterocycles. The first kappa shape index (κ1) is 27.1. The third-order valence-corrected chi connectivity index (χ3v) is 9.59. The first-order chi connectivity index (χ1) is 17.6. The van der Waals surface area contributed by atoms with E-state index < -0.39 is 26.2 Å². The van der Waals surface area contributed by atoms with Crippen LogP contribution in [0.5, 0.6) is 5.75 Å². The summed E-state index contributed by atoms with van der Waals surface area (Å²) in [5.41, 5.74) is 2.47. The average Bonchev–Trinajstić information content (AvgIpc) is 3.34. The Morgan fingerprint density at radius 2 is 1.41 bits per heavy atom. The Bertz CT molecular complexity index is 1490. The number of halogens is 1. The number of benzene rings is 3. The Kier molecular flexibility index (Phi) is 7.94. The van der Waals surface area contributed by atoms with Crippen LogP contribution in [0, 0.1) is 13.8 Å². The van der Waals surface area contributed by atoms with E-state index in [0.717, 1.165) is 11.1 Å². The molecule has 3 aromatic rings. The summed E-state index contributed by atoms with van der Waals surface area (Å²) in [7, 11) is -6.47. The van der Waals surface area contributed by atoms with Gasteiger partial charge in [0.1, 0.15) is 17.8 Å². The maximum atomic E-state index is 13.7. The predicted octanol–water partition coefficient (Wildman–Crippen LogP) is 4.34. The third kappa shape index (κ3) is 5.67. The van der Waals surface area contributed by atoms with Crippen molar-refractivity contribution >= 4 is 37.5 Å². The molecular formula is C26H28ClN3O5S2. The zero-order valence-electron chi connectivity index (χ0n) is 20.7. The SMILES string of the molecule is COc1ccc([C@@H]2N(C(CCl)=NS(=O)(=O)c3ccc(C)cc3)CCN2S(=O)(=O)c2ccc(C)cc2)cc1. The highest BCUT2D eigenvalue weighted by Crippen LogP contribution is 2.36. The van der Waals surface area contributed by atoms with E-state index in [1.54, 1.807) is 72.7 Å². The molecule has 1 aliphatic rings. The van der Waals surface area contributed by atoms with Crippen LogP contribution in [0.1, 0.15) is 22.9 Å². The number of amidine groups is 1. The third-order valence-electron chi connectivity index (χ3n) is 6.17. The van der Waals surface area contributed by atoms with Gasteiger partial charge in [0.15, 0.2) is 0 Å². The van der Waals surface area contributed by atoms with Crippen molar-refractivity contribution in [3.05, 3.63) is 89.5 Å². The topological polar surface area (TPSA) is 96.3 Å². The highest BCUT2D eigenvalue weighted by Gasteiger charge is 2.42. The predicted molar refractivity (Wildman–Crippen MR) is 144 cm³/mol. The van der Waals surface area contributed by atoms with E-state index in [1.807, 2.05) is 13.8 Å². The van der Waals surface area contributed by atoms with Gasteiger partial charge in [-0.25, -0.2) is 8.42 Å². The van der Waals surface area contributed by atoms with E-state index in [-0.39, 0.29) is 34.6 Å². The van der Waals surface area contributed by atoms with Crippen molar-refractivity contribution in [2.75, 3.05) is 26.1 Å². The monoisotopic (exact) mass is 561 g/mol. The number of methoxy groups -OCH3 is 1. The Morgan fingerprint density at radius 3 is 1.92 bits per heavy atom. The van der Waals surface area contributed by atoms with Crippen molar-refractivity contribution in [1.82, 2.24) is 9.21 Å². The zero-order chi connectivity index (χ0) is 26.8. The zero-order valence-corrected chi connectivity index (χ0v) is 23.1. The van der Waals surface area contributed by atoms with E-state index in [0.29, 0.717) is 11.3 Å². The molecule has 0 aromatic heterocycles. The number of alkyl halides is 1. The highest BCUT2D eigenvalue weighted by molar-refractivity contribution is 7.90. The lowest BCUT2D eigenvalue weighted by molar-refractivity contribution is 0.284. The fraction of sp³-hybridized carbons (Fsp3) is 0.269. The molecule has 1 aliphatic heterocycles. The highest BCUT2D eigenvalue weighted by atomic mass is 35.5.